The van der Waals surface area contributed by atoms with E-state index in [0.717, 1.165) is 27.4 Å². The molecule has 12 nitrogen and oxygen atoms in total. The second-order valence-corrected chi connectivity index (χ2v) is 11.0. The molecule has 0 aliphatic carbocycles. The summed E-state index contributed by atoms with van der Waals surface area (Å²) >= 11 is 0. The van der Waals surface area contributed by atoms with Crippen LogP contribution in [-0.2, 0) is 0 Å². The van der Waals surface area contributed by atoms with Crippen molar-refractivity contribution in [2.24, 2.45) is 0 Å². The summed E-state index contributed by atoms with van der Waals surface area (Å²) in [5.41, 5.74) is 8.96. The molecule has 0 radical (unpaired) electrons. The molecule has 4 aromatic heterocycles. The van der Waals surface area contributed by atoms with E-state index in [1.165, 1.54) is 0 Å². The van der Waals surface area contributed by atoms with E-state index >= 15 is 0 Å². The van der Waals surface area contributed by atoms with Gasteiger partial charge in [-0.25, -0.2) is 18.9 Å². The van der Waals surface area contributed by atoms with Gasteiger partial charge in [0.05, 0.1) is 22.6 Å². The molecule has 0 atom stereocenters. The topological polar surface area (TPSA) is 146 Å². The van der Waals surface area contributed by atoms with E-state index in [-0.39, 0.29) is 0 Å². The van der Waals surface area contributed by atoms with Gasteiger partial charge in [0.15, 0.2) is 22.1 Å². The molecule has 6 aromatic carbocycles. The molecule has 0 bridgehead atoms. The monoisotopic (exact) mass is 614 g/mol. The van der Waals surface area contributed by atoms with Gasteiger partial charge in [-0.15, -0.1) is 0 Å². The molecule has 0 saturated heterocycles. The van der Waals surface area contributed by atoms with Crippen molar-refractivity contribution in [2.75, 3.05) is 4.90 Å². The van der Waals surface area contributed by atoms with Crippen LogP contribution < -0.4 is 4.90 Å². The number of hydrogen-bond donors (Lipinski definition) is 0. The van der Waals surface area contributed by atoms with E-state index in [0.29, 0.717) is 67.2 Å². The molecule has 10 aromatic rings. The Labute approximate surface area is 262 Å². The highest BCUT2D eigenvalue weighted by Gasteiger charge is 2.28. The number of nitrogens with zero attached hydrogens (tertiary/aromatic N) is 8. The average Bonchev–Trinajstić information content (AvgIpc) is 3.94. The van der Waals surface area contributed by atoms with Gasteiger partial charge in [0.2, 0.25) is 5.89 Å². The molecule has 0 fully saturated rings. The van der Waals surface area contributed by atoms with Gasteiger partial charge >= 0.3 is 0 Å². The minimum absolute atomic E-state index is 0.399. The highest BCUT2D eigenvalue weighted by atomic mass is 16.6. The molecule has 12 heteroatoms. The van der Waals surface area contributed by atoms with Crippen molar-refractivity contribution < 1.29 is 18.3 Å². The third kappa shape index (κ3) is 3.85. The van der Waals surface area contributed by atoms with E-state index in [4.69, 9.17) is 18.3 Å². The Balaban J connectivity index is 1.20. The Hall–Kier alpha value is -6.95. The minimum Gasteiger partial charge on any atom is -0.436 e. The van der Waals surface area contributed by atoms with Crippen molar-refractivity contribution in [3.05, 3.63) is 109 Å². The van der Waals surface area contributed by atoms with Crippen molar-refractivity contribution in [3.63, 3.8) is 0 Å². The number of anilines is 3. The molecular weight excluding hydrogens is 596 g/mol. The van der Waals surface area contributed by atoms with Crippen LogP contribution >= 0.6 is 0 Å². The molecule has 0 unspecified atom stereocenters. The van der Waals surface area contributed by atoms with Crippen LogP contribution in [0.4, 0.5) is 17.1 Å². The molecule has 0 amide bonds. The van der Waals surface area contributed by atoms with Gasteiger partial charge in [-0.3, -0.25) is 0 Å². The molecular formula is C35H18N8O4. The lowest BCUT2D eigenvalue weighted by Gasteiger charge is -2.25. The number of aromatic nitrogens is 7. The zero-order valence-corrected chi connectivity index (χ0v) is 24.1. The fourth-order valence-corrected chi connectivity index (χ4v) is 6.18. The summed E-state index contributed by atoms with van der Waals surface area (Å²) in [6.07, 6.45) is 0. The number of para-hydroxylation sites is 2. The maximum atomic E-state index is 6.08. The molecule has 47 heavy (non-hydrogen) atoms. The Morgan fingerprint density at radius 2 is 1.09 bits per heavy atom. The smallest absolute Gasteiger partial charge is 0.229 e. The standard InChI is InChI=1S/C35H18N8O4/c1-2-7-20-18-21(13-12-19(20)6-1)22-14-16-27(33-30(22)38-46-41-33)43(26-10-5-9-25-32(26)40-45-37-25)28-17-15-23(31-34(28)42-47-39-31)35-36-24-8-3-4-11-29(24)44-35/h1-18H. The van der Waals surface area contributed by atoms with Crippen molar-refractivity contribution in [2.45, 2.75) is 0 Å². The highest BCUT2D eigenvalue weighted by Crippen LogP contribution is 2.46. The van der Waals surface area contributed by atoms with E-state index in [1.54, 1.807) is 0 Å². The number of hydrogen-bond acceptors (Lipinski definition) is 12. The number of rotatable bonds is 5. The number of oxazole rings is 1. The maximum Gasteiger partial charge on any atom is 0.229 e. The maximum absolute atomic E-state index is 6.08. The van der Waals surface area contributed by atoms with Crippen LogP contribution in [-0.4, -0.2) is 35.9 Å². The van der Waals surface area contributed by atoms with Crippen LogP contribution in [0, 0.1) is 0 Å². The van der Waals surface area contributed by atoms with Gasteiger partial charge in [0, 0.05) is 5.56 Å². The van der Waals surface area contributed by atoms with Gasteiger partial charge in [-0.2, -0.15) is 0 Å². The van der Waals surface area contributed by atoms with E-state index < -0.39 is 0 Å². The van der Waals surface area contributed by atoms with Crippen LogP contribution in [0.3, 0.4) is 0 Å². The van der Waals surface area contributed by atoms with E-state index in [1.807, 2.05) is 83.8 Å². The second kappa shape index (κ2) is 9.78. The SMILES string of the molecule is c1ccc2cc(-c3ccc(N(c4cccc5nonc45)c4ccc(-c5nc6ccccc6o5)c5nonc45)c4nonc34)ccc2c1. The predicted molar refractivity (Wildman–Crippen MR) is 173 cm³/mol. The third-order valence-electron chi connectivity index (χ3n) is 8.36. The first kappa shape index (κ1) is 25.4. The average molecular weight is 615 g/mol. The molecule has 0 aliphatic rings. The van der Waals surface area contributed by atoms with Gasteiger partial charge in [0.1, 0.15) is 22.1 Å². The minimum atomic E-state index is 0.399. The van der Waals surface area contributed by atoms with Crippen LogP contribution in [0.1, 0.15) is 0 Å². The lowest BCUT2D eigenvalue weighted by Crippen LogP contribution is -2.12. The van der Waals surface area contributed by atoms with Gasteiger partial charge in [0.25, 0.3) is 0 Å². The quantitative estimate of drug-likeness (QED) is 0.183. The van der Waals surface area contributed by atoms with Crippen molar-refractivity contribution in [3.8, 4) is 22.6 Å². The lowest BCUT2D eigenvalue weighted by atomic mass is 9.99. The first-order valence-corrected chi connectivity index (χ1v) is 14.7. The van der Waals surface area contributed by atoms with Crippen molar-refractivity contribution >= 4 is 72.0 Å². The molecule has 0 saturated carbocycles. The zero-order valence-electron chi connectivity index (χ0n) is 24.1. The van der Waals surface area contributed by atoms with Gasteiger partial charge in [-0.1, -0.05) is 54.6 Å². The van der Waals surface area contributed by atoms with Crippen LogP contribution in [0.2, 0.25) is 0 Å². The van der Waals surface area contributed by atoms with Crippen LogP contribution in [0.15, 0.2) is 127 Å². The summed E-state index contributed by atoms with van der Waals surface area (Å²) in [6.45, 7) is 0. The lowest BCUT2D eigenvalue weighted by molar-refractivity contribution is 0.315. The summed E-state index contributed by atoms with van der Waals surface area (Å²) in [5, 5.41) is 27.9. The summed E-state index contributed by atoms with van der Waals surface area (Å²) < 4.78 is 22.0. The van der Waals surface area contributed by atoms with Crippen molar-refractivity contribution in [1.82, 2.24) is 35.9 Å². The highest BCUT2D eigenvalue weighted by molar-refractivity contribution is 6.09. The Kier molecular flexibility index (Phi) is 5.28. The molecule has 0 spiro atoms. The predicted octanol–water partition coefficient (Wildman–Crippen LogP) is 8.39. The molecule has 0 N–H and O–H groups in total. The van der Waals surface area contributed by atoms with Gasteiger partial charge < -0.3 is 9.32 Å². The Bertz CT molecular complexity index is 2760. The fourth-order valence-electron chi connectivity index (χ4n) is 6.18. The summed E-state index contributed by atoms with van der Waals surface area (Å²) in [7, 11) is 0. The molecule has 4 heterocycles. The van der Waals surface area contributed by atoms with E-state index in [9.17, 15) is 0 Å². The fraction of sp³-hybridized carbons (Fsp3) is 0. The van der Waals surface area contributed by atoms with Crippen LogP contribution in [0.25, 0.3) is 77.6 Å². The summed E-state index contributed by atoms with van der Waals surface area (Å²) in [4.78, 5) is 6.63. The van der Waals surface area contributed by atoms with E-state index in [2.05, 4.69) is 66.3 Å². The molecule has 222 valence electrons. The number of benzene rings is 6. The van der Waals surface area contributed by atoms with Gasteiger partial charge in [-0.05, 0) is 102 Å². The Morgan fingerprint density at radius 1 is 0.447 bits per heavy atom. The largest absolute Gasteiger partial charge is 0.436 e. The summed E-state index contributed by atoms with van der Waals surface area (Å²) in [6, 6.07) is 35.4. The molecule has 0 aliphatic heterocycles. The van der Waals surface area contributed by atoms with Crippen LogP contribution in [0.5, 0.6) is 0 Å². The second-order valence-electron chi connectivity index (χ2n) is 11.0. The van der Waals surface area contributed by atoms with Crippen molar-refractivity contribution in [1.29, 1.82) is 0 Å². The summed E-state index contributed by atoms with van der Waals surface area (Å²) in [5.74, 6) is 0.399. The normalized spacial score (nSPS) is 11.8. The third-order valence-corrected chi connectivity index (χ3v) is 8.36. The first-order valence-electron chi connectivity index (χ1n) is 14.7. The Morgan fingerprint density at radius 3 is 1.91 bits per heavy atom. The first-order chi connectivity index (χ1) is 23.3. The zero-order chi connectivity index (χ0) is 30.9. The molecule has 10 rings (SSSR count). The number of fused-ring (bicyclic) bond motifs is 5.